The first-order chi connectivity index (χ1) is 7.40. The molecule has 0 atom stereocenters. The summed E-state index contributed by atoms with van der Waals surface area (Å²) in [7, 11) is 0. The number of benzene rings is 1. The molecular formula is C8H5N3O5. The molecule has 8 heteroatoms. The minimum Gasteiger partial charge on any atom is -0.502 e. The Morgan fingerprint density at radius 2 is 1.94 bits per heavy atom. The Morgan fingerprint density at radius 1 is 1.38 bits per heavy atom. The van der Waals surface area contributed by atoms with Crippen LogP contribution in [0.15, 0.2) is 6.07 Å². The molecule has 1 aromatic carbocycles. The van der Waals surface area contributed by atoms with Crippen LogP contribution in [0, 0.1) is 38.5 Å². The third-order valence-electron chi connectivity index (χ3n) is 1.94. The van der Waals surface area contributed by atoms with Gasteiger partial charge in [0, 0.05) is 11.6 Å². The second kappa shape index (κ2) is 3.82. The lowest BCUT2D eigenvalue weighted by molar-refractivity contribution is -0.395. The summed E-state index contributed by atoms with van der Waals surface area (Å²) in [6, 6.07) is 2.27. The molecule has 8 nitrogen and oxygen atoms in total. The van der Waals surface area contributed by atoms with Gasteiger partial charge >= 0.3 is 5.69 Å². The Bertz CT molecular complexity index is 531. The average Bonchev–Trinajstić information content (AvgIpc) is 2.20. The van der Waals surface area contributed by atoms with E-state index in [1.807, 2.05) is 0 Å². The summed E-state index contributed by atoms with van der Waals surface area (Å²) in [5, 5.41) is 39.2. The van der Waals surface area contributed by atoms with Crippen LogP contribution < -0.4 is 0 Å². The van der Waals surface area contributed by atoms with E-state index in [0.29, 0.717) is 0 Å². The van der Waals surface area contributed by atoms with E-state index in [2.05, 4.69) is 0 Å². The van der Waals surface area contributed by atoms with E-state index >= 15 is 0 Å². The Balaban J connectivity index is 3.77. The zero-order chi connectivity index (χ0) is 12.5. The van der Waals surface area contributed by atoms with Crippen molar-refractivity contribution >= 4 is 11.4 Å². The summed E-state index contributed by atoms with van der Waals surface area (Å²) in [5.41, 5.74) is -2.41. The molecule has 0 saturated carbocycles. The number of nitriles is 1. The highest BCUT2D eigenvalue weighted by Gasteiger charge is 2.30. The Hall–Kier alpha value is -2.69. The molecular weight excluding hydrogens is 218 g/mol. The minimum atomic E-state index is -1.02. The number of nitro groups is 2. The first-order valence-corrected chi connectivity index (χ1v) is 3.95. The monoisotopic (exact) mass is 223 g/mol. The van der Waals surface area contributed by atoms with Gasteiger partial charge in [-0.3, -0.25) is 20.2 Å². The molecule has 0 heterocycles. The van der Waals surface area contributed by atoms with Gasteiger partial charge in [-0.05, 0) is 6.92 Å². The third kappa shape index (κ3) is 1.61. The van der Waals surface area contributed by atoms with Crippen LogP contribution in [-0.4, -0.2) is 15.0 Å². The van der Waals surface area contributed by atoms with Crippen molar-refractivity contribution in [3.63, 3.8) is 0 Å². The highest BCUT2D eigenvalue weighted by molar-refractivity contribution is 5.69. The normalized spacial score (nSPS) is 9.50. The highest BCUT2D eigenvalue weighted by Crippen LogP contribution is 2.38. The maximum absolute atomic E-state index is 10.6. The molecule has 0 fully saturated rings. The lowest BCUT2D eigenvalue weighted by atomic mass is 10.1. The summed E-state index contributed by atoms with van der Waals surface area (Å²) < 4.78 is 0. The van der Waals surface area contributed by atoms with Crippen molar-refractivity contribution in [3.8, 4) is 11.8 Å². The Kier molecular flexibility index (Phi) is 2.72. The molecule has 16 heavy (non-hydrogen) atoms. The van der Waals surface area contributed by atoms with Crippen molar-refractivity contribution in [2.45, 2.75) is 6.92 Å². The minimum absolute atomic E-state index is 0.0302. The predicted octanol–water partition coefficient (Wildman–Crippen LogP) is 1.39. The number of phenolic OH excluding ortho intramolecular Hbond substituents is 1. The third-order valence-corrected chi connectivity index (χ3v) is 1.94. The second-order valence-corrected chi connectivity index (χ2v) is 2.91. The van der Waals surface area contributed by atoms with Crippen LogP contribution in [0.5, 0.6) is 5.75 Å². The van der Waals surface area contributed by atoms with Crippen molar-refractivity contribution in [2.24, 2.45) is 0 Å². The molecule has 0 unspecified atom stereocenters. The SMILES string of the molecule is Cc1cc([N+](=O)[O-])c(C#N)c([N+](=O)[O-])c1O. The number of aryl methyl sites for hydroxylation is 1. The van der Waals surface area contributed by atoms with Gasteiger partial charge in [-0.1, -0.05) is 0 Å². The summed E-state index contributed by atoms with van der Waals surface area (Å²) in [4.78, 5) is 19.2. The maximum Gasteiger partial charge on any atom is 0.335 e. The zero-order valence-corrected chi connectivity index (χ0v) is 8.00. The number of aromatic hydroxyl groups is 1. The fourth-order valence-corrected chi connectivity index (χ4v) is 1.20. The van der Waals surface area contributed by atoms with E-state index in [4.69, 9.17) is 5.26 Å². The van der Waals surface area contributed by atoms with Gasteiger partial charge in [0.2, 0.25) is 5.56 Å². The number of hydrogen-bond acceptors (Lipinski definition) is 6. The van der Waals surface area contributed by atoms with E-state index in [0.717, 1.165) is 6.07 Å². The first kappa shape index (κ1) is 11.4. The van der Waals surface area contributed by atoms with Crippen LogP contribution in [0.4, 0.5) is 11.4 Å². The number of rotatable bonds is 2. The van der Waals surface area contributed by atoms with Gasteiger partial charge in [0.15, 0.2) is 5.75 Å². The van der Waals surface area contributed by atoms with Gasteiger partial charge in [0.1, 0.15) is 6.07 Å². The quantitative estimate of drug-likeness (QED) is 0.595. The molecule has 1 rings (SSSR count). The molecule has 0 aliphatic rings. The molecule has 1 aromatic rings. The smallest absolute Gasteiger partial charge is 0.335 e. The standard InChI is InChI=1S/C8H5N3O5/c1-4-2-6(10(13)14)5(3-9)7(8(4)12)11(15)16/h2,12H,1H3. The predicted molar refractivity (Wildman–Crippen MR) is 50.9 cm³/mol. The van der Waals surface area contributed by atoms with Gasteiger partial charge in [0.25, 0.3) is 5.69 Å². The summed E-state index contributed by atoms with van der Waals surface area (Å²) in [5.74, 6) is -0.729. The molecule has 0 radical (unpaired) electrons. The van der Waals surface area contributed by atoms with Gasteiger partial charge in [-0.25, -0.2) is 0 Å². The lowest BCUT2D eigenvalue weighted by Crippen LogP contribution is -2.00. The van der Waals surface area contributed by atoms with Crippen molar-refractivity contribution < 1.29 is 15.0 Å². The fraction of sp³-hybridized carbons (Fsp3) is 0.125. The van der Waals surface area contributed by atoms with Crippen LogP contribution in [0.2, 0.25) is 0 Å². The molecule has 0 amide bonds. The Labute approximate surface area is 88.7 Å². The lowest BCUT2D eigenvalue weighted by Gasteiger charge is -2.02. The number of nitro benzene ring substituents is 2. The number of hydrogen-bond donors (Lipinski definition) is 1. The molecule has 0 saturated heterocycles. The van der Waals surface area contributed by atoms with E-state index in [9.17, 15) is 25.3 Å². The van der Waals surface area contributed by atoms with Crippen LogP contribution in [0.1, 0.15) is 11.1 Å². The van der Waals surface area contributed by atoms with Crippen molar-refractivity contribution in [3.05, 3.63) is 37.4 Å². The van der Waals surface area contributed by atoms with Gasteiger partial charge in [-0.15, -0.1) is 0 Å². The van der Waals surface area contributed by atoms with Crippen molar-refractivity contribution in [1.82, 2.24) is 0 Å². The van der Waals surface area contributed by atoms with E-state index in [1.54, 1.807) is 0 Å². The number of nitrogens with zero attached hydrogens (tertiary/aromatic N) is 3. The van der Waals surface area contributed by atoms with Crippen LogP contribution in [0.3, 0.4) is 0 Å². The van der Waals surface area contributed by atoms with Gasteiger partial charge in [0.05, 0.1) is 9.85 Å². The first-order valence-electron chi connectivity index (χ1n) is 3.95. The largest absolute Gasteiger partial charge is 0.502 e. The van der Waals surface area contributed by atoms with Crippen LogP contribution >= 0.6 is 0 Å². The van der Waals surface area contributed by atoms with Crippen LogP contribution in [-0.2, 0) is 0 Å². The van der Waals surface area contributed by atoms with E-state index < -0.39 is 32.5 Å². The van der Waals surface area contributed by atoms with Crippen molar-refractivity contribution in [1.29, 1.82) is 5.26 Å². The summed E-state index contributed by atoms with van der Waals surface area (Å²) in [6.07, 6.45) is 0. The Morgan fingerprint density at radius 3 is 2.31 bits per heavy atom. The van der Waals surface area contributed by atoms with Crippen LogP contribution in [0.25, 0.3) is 0 Å². The maximum atomic E-state index is 10.6. The van der Waals surface area contributed by atoms with Gasteiger partial charge in [-0.2, -0.15) is 5.26 Å². The molecule has 1 N–H and O–H groups in total. The molecule has 0 aliphatic carbocycles. The summed E-state index contributed by atoms with van der Waals surface area (Å²) >= 11 is 0. The average molecular weight is 223 g/mol. The second-order valence-electron chi connectivity index (χ2n) is 2.91. The zero-order valence-electron chi connectivity index (χ0n) is 8.00. The molecule has 0 spiro atoms. The topological polar surface area (TPSA) is 130 Å². The summed E-state index contributed by atoms with van der Waals surface area (Å²) in [6.45, 7) is 1.27. The van der Waals surface area contributed by atoms with E-state index in [-0.39, 0.29) is 5.56 Å². The molecule has 82 valence electrons. The van der Waals surface area contributed by atoms with E-state index in [1.165, 1.54) is 13.0 Å². The highest BCUT2D eigenvalue weighted by atomic mass is 16.6. The fourth-order valence-electron chi connectivity index (χ4n) is 1.20. The number of phenols is 1. The molecule has 0 aliphatic heterocycles. The van der Waals surface area contributed by atoms with Crippen molar-refractivity contribution in [2.75, 3.05) is 0 Å². The molecule has 0 bridgehead atoms. The molecule has 0 aromatic heterocycles. The van der Waals surface area contributed by atoms with Gasteiger partial charge < -0.3 is 5.11 Å².